The van der Waals surface area contributed by atoms with E-state index in [2.05, 4.69) is 14.8 Å². The van der Waals surface area contributed by atoms with Gasteiger partial charge in [-0.2, -0.15) is 8.42 Å². The Labute approximate surface area is 105 Å². The summed E-state index contributed by atoms with van der Waals surface area (Å²) in [7, 11) is -3.66. The molecular weight excluding hydrogens is 260 g/mol. The van der Waals surface area contributed by atoms with Gasteiger partial charge in [0, 0.05) is 18.7 Å². The average molecular weight is 274 g/mol. The fourth-order valence-electron chi connectivity index (χ4n) is 1.17. The molecule has 0 radical (unpaired) electrons. The normalized spacial score (nSPS) is 18.0. The Morgan fingerprint density at radius 1 is 1.44 bits per heavy atom. The van der Waals surface area contributed by atoms with Gasteiger partial charge in [-0.25, -0.2) is 0 Å². The molecule has 0 saturated carbocycles. The third-order valence-electron chi connectivity index (χ3n) is 1.93. The zero-order valence-corrected chi connectivity index (χ0v) is 10.6. The van der Waals surface area contributed by atoms with E-state index in [0.717, 1.165) is 6.26 Å². The summed E-state index contributed by atoms with van der Waals surface area (Å²) in [5.41, 5.74) is 0.655. The van der Waals surface area contributed by atoms with Crippen LogP contribution in [-0.4, -0.2) is 51.0 Å². The van der Waals surface area contributed by atoms with Crippen LogP contribution in [-0.2, 0) is 19.2 Å². The first-order chi connectivity index (χ1) is 8.42. The van der Waals surface area contributed by atoms with E-state index in [1.165, 1.54) is 18.2 Å². The summed E-state index contributed by atoms with van der Waals surface area (Å²) in [4.78, 5) is 11.5. The summed E-state index contributed by atoms with van der Waals surface area (Å²) >= 11 is 0. The zero-order chi connectivity index (χ0) is 13.6. The highest BCUT2D eigenvalue weighted by molar-refractivity contribution is 7.85. The highest BCUT2D eigenvalue weighted by atomic mass is 32.2. The van der Waals surface area contributed by atoms with E-state index in [4.69, 9.17) is 5.11 Å². The standard InChI is InChI=1S/C10H14N2O5S/c1-18(15,16)17-12-9-2-3-10(14)8(6-9)7-11-4-5-13/h2-3,6,11,13H,4-5,7H2,1H3. The Morgan fingerprint density at radius 2 is 2.17 bits per heavy atom. The van der Waals surface area contributed by atoms with Crippen molar-refractivity contribution >= 4 is 21.6 Å². The van der Waals surface area contributed by atoms with Crippen molar-refractivity contribution in [2.45, 2.75) is 0 Å². The molecule has 1 aliphatic carbocycles. The van der Waals surface area contributed by atoms with E-state index >= 15 is 0 Å². The number of carbonyl (C=O) groups excluding carboxylic acids is 1. The second-order valence-corrected chi connectivity index (χ2v) is 5.12. The summed E-state index contributed by atoms with van der Waals surface area (Å²) in [6, 6.07) is 0. The number of hydrogen-bond donors (Lipinski definition) is 2. The van der Waals surface area contributed by atoms with Crippen LogP contribution in [0.3, 0.4) is 0 Å². The van der Waals surface area contributed by atoms with Gasteiger partial charge in [0.2, 0.25) is 0 Å². The van der Waals surface area contributed by atoms with Gasteiger partial charge in [0.05, 0.1) is 12.9 Å². The van der Waals surface area contributed by atoms with Gasteiger partial charge >= 0.3 is 10.1 Å². The summed E-state index contributed by atoms with van der Waals surface area (Å²) in [6.45, 7) is 0.595. The molecule has 0 unspecified atom stereocenters. The van der Waals surface area contributed by atoms with Crippen LogP contribution in [0.5, 0.6) is 0 Å². The van der Waals surface area contributed by atoms with Crippen LogP contribution in [0, 0.1) is 0 Å². The molecule has 0 saturated heterocycles. The molecule has 0 atom stereocenters. The molecule has 0 bridgehead atoms. The number of allylic oxidation sites excluding steroid dienone is 3. The van der Waals surface area contributed by atoms with Gasteiger partial charge in [-0.15, -0.1) is 0 Å². The van der Waals surface area contributed by atoms with E-state index in [-0.39, 0.29) is 24.6 Å². The lowest BCUT2D eigenvalue weighted by molar-refractivity contribution is -0.111. The summed E-state index contributed by atoms with van der Waals surface area (Å²) in [5, 5.41) is 14.8. The molecule has 2 N–H and O–H groups in total. The lowest BCUT2D eigenvalue weighted by atomic mass is 10.0. The summed E-state index contributed by atoms with van der Waals surface area (Å²) in [6.07, 6.45) is 4.95. The van der Waals surface area contributed by atoms with E-state index in [1.54, 1.807) is 0 Å². The lowest BCUT2D eigenvalue weighted by Gasteiger charge is -2.08. The number of aliphatic hydroxyl groups excluding tert-OH is 1. The van der Waals surface area contributed by atoms with Crippen molar-refractivity contribution in [2.75, 3.05) is 26.0 Å². The topological polar surface area (TPSA) is 105 Å². The predicted octanol–water partition coefficient (Wildman–Crippen LogP) is -1.03. The largest absolute Gasteiger partial charge is 0.395 e. The number of nitrogens with one attached hydrogen (secondary N) is 1. The van der Waals surface area contributed by atoms with Crippen LogP contribution < -0.4 is 5.32 Å². The summed E-state index contributed by atoms with van der Waals surface area (Å²) < 4.78 is 25.8. The van der Waals surface area contributed by atoms with Crippen LogP contribution in [0.2, 0.25) is 0 Å². The van der Waals surface area contributed by atoms with Gasteiger partial charge in [0.25, 0.3) is 0 Å². The minimum absolute atomic E-state index is 0.0323. The molecule has 0 aliphatic heterocycles. The van der Waals surface area contributed by atoms with Gasteiger partial charge in [0.15, 0.2) is 5.78 Å². The molecule has 0 aromatic rings. The second kappa shape index (κ2) is 6.43. The third kappa shape index (κ3) is 5.21. The lowest BCUT2D eigenvalue weighted by Crippen LogP contribution is -2.25. The SMILES string of the molecule is CS(=O)(=O)ON=C1C=CC(=O)C(CNCCO)=C1. The predicted molar refractivity (Wildman–Crippen MR) is 65.5 cm³/mol. The molecule has 1 aliphatic rings. The molecule has 100 valence electrons. The van der Waals surface area contributed by atoms with Crippen LogP contribution in [0.1, 0.15) is 0 Å². The monoisotopic (exact) mass is 274 g/mol. The van der Waals surface area contributed by atoms with Crippen molar-refractivity contribution in [3.63, 3.8) is 0 Å². The molecule has 0 heterocycles. The quantitative estimate of drug-likeness (QED) is 0.364. The molecular formula is C10H14N2O5S. The molecule has 8 heteroatoms. The first kappa shape index (κ1) is 14.6. The first-order valence-electron chi connectivity index (χ1n) is 5.13. The van der Waals surface area contributed by atoms with Crippen LogP contribution in [0.4, 0.5) is 0 Å². The molecule has 0 aromatic carbocycles. The van der Waals surface area contributed by atoms with Crippen molar-refractivity contribution < 1.29 is 22.6 Å². The fourth-order valence-corrected chi connectivity index (χ4v) is 1.40. The average Bonchev–Trinajstić information content (AvgIpc) is 2.29. The Balaban J connectivity index is 2.71. The molecule has 0 aromatic heterocycles. The fraction of sp³-hybridized carbons (Fsp3) is 0.400. The van der Waals surface area contributed by atoms with Gasteiger partial charge in [-0.1, -0.05) is 5.16 Å². The number of ketones is 1. The van der Waals surface area contributed by atoms with Gasteiger partial charge < -0.3 is 10.4 Å². The number of oxime groups is 1. The smallest absolute Gasteiger partial charge is 0.325 e. The Bertz CT molecular complexity index is 504. The first-order valence-corrected chi connectivity index (χ1v) is 6.95. The maximum Gasteiger partial charge on any atom is 0.325 e. The van der Waals surface area contributed by atoms with E-state index in [1.807, 2.05) is 0 Å². The van der Waals surface area contributed by atoms with Crippen molar-refractivity contribution in [1.82, 2.24) is 5.32 Å². The molecule has 18 heavy (non-hydrogen) atoms. The molecule has 0 spiro atoms. The number of hydrogen-bond acceptors (Lipinski definition) is 7. The number of aliphatic hydroxyl groups is 1. The Morgan fingerprint density at radius 3 is 2.78 bits per heavy atom. The number of carbonyl (C=O) groups is 1. The van der Waals surface area contributed by atoms with E-state index in [9.17, 15) is 13.2 Å². The minimum atomic E-state index is -3.66. The third-order valence-corrected chi connectivity index (χ3v) is 2.27. The maximum atomic E-state index is 11.5. The van der Waals surface area contributed by atoms with Crippen LogP contribution >= 0.6 is 0 Å². The highest BCUT2D eigenvalue weighted by Crippen LogP contribution is 2.06. The molecule has 0 amide bonds. The van der Waals surface area contributed by atoms with Crippen LogP contribution in [0.15, 0.2) is 29.0 Å². The highest BCUT2D eigenvalue weighted by Gasteiger charge is 2.12. The van der Waals surface area contributed by atoms with E-state index < -0.39 is 10.1 Å². The second-order valence-electron chi connectivity index (χ2n) is 3.56. The molecule has 7 nitrogen and oxygen atoms in total. The minimum Gasteiger partial charge on any atom is -0.395 e. The van der Waals surface area contributed by atoms with Gasteiger partial charge in [-0.05, 0) is 18.2 Å². The zero-order valence-electron chi connectivity index (χ0n) is 9.79. The van der Waals surface area contributed by atoms with E-state index in [0.29, 0.717) is 12.1 Å². The molecule has 0 fully saturated rings. The van der Waals surface area contributed by atoms with Crippen molar-refractivity contribution in [3.05, 3.63) is 23.8 Å². The Kier molecular flexibility index (Phi) is 5.20. The number of nitrogens with zero attached hydrogens (tertiary/aromatic N) is 1. The number of rotatable bonds is 6. The van der Waals surface area contributed by atoms with Crippen molar-refractivity contribution in [2.24, 2.45) is 5.16 Å². The van der Waals surface area contributed by atoms with Gasteiger partial charge in [0.1, 0.15) is 5.71 Å². The van der Waals surface area contributed by atoms with Crippen molar-refractivity contribution in [3.8, 4) is 0 Å². The molecule has 1 rings (SSSR count). The maximum absolute atomic E-state index is 11.5. The van der Waals surface area contributed by atoms with Crippen LogP contribution in [0.25, 0.3) is 0 Å². The van der Waals surface area contributed by atoms with Crippen molar-refractivity contribution in [1.29, 1.82) is 0 Å². The summed E-state index contributed by atoms with van der Waals surface area (Å²) in [5.74, 6) is -0.196. The van der Waals surface area contributed by atoms with Gasteiger partial charge in [-0.3, -0.25) is 9.08 Å². The Hall–Kier alpha value is -1.51.